The molecule has 0 heterocycles. The first-order valence-electron chi connectivity index (χ1n) is 8.37. The Morgan fingerprint density at radius 2 is 2.00 bits per heavy atom. The van der Waals surface area contributed by atoms with E-state index in [1.807, 2.05) is 0 Å². The zero-order valence-electron chi connectivity index (χ0n) is 14.2. The lowest BCUT2D eigenvalue weighted by atomic mass is 9.89. The number of ether oxygens (including phenoxy) is 2. The number of rotatable bonds is 6. The largest absolute Gasteiger partial charge is 0.507 e. The summed E-state index contributed by atoms with van der Waals surface area (Å²) in [6, 6.07) is 4.28. The Morgan fingerprint density at radius 1 is 1.29 bits per heavy atom. The van der Waals surface area contributed by atoms with E-state index in [9.17, 15) is 14.7 Å². The second kappa shape index (κ2) is 8.57. The predicted molar refractivity (Wildman–Crippen MR) is 89.1 cm³/mol. The summed E-state index contributed by atoms with van der Waals surface area (Å²) in [6.07, 6.45) is 5.04. The first kappa shape index (κ1) is 18.1. The smallest absolute Gasteiger partial charge is 0.342 e. The summed E-state index contributed by atoms with van der Waals surface area (Å²) < 4.78 is 10.1. The Labute approximate surface area is 142 Å². The fraction of sp³-hybridized carbons (Fsp3) is 0.556. The predicted octanol–water partition coefficient (Wildman–Crippen LogP) is 2.64. The van der Waals surface area contributed by atoms with Gasteiger partial charge >= 0.3 is 5.97 Å². The van der Waals surface area contributed by atoms with Gasteiger partial charge in [0, 0.05) is 12.6 Å². The monoisotopic (exact) mass is 335 g/mol. The minimum absolute atomic E-state index is 0.00253. The van der Waals surface area contributed by atoms with Crippen molar-refractivity contribution < 1.29 is 24.2 Å². The Balaban J connectivity index is 1.84. The van der Waals surface area contributed by atoms with E-state index in [-0.39, 0.29) is 17.2 Å². The molecule has 1 fully saturated rings. The number of carbonyl (C=O) groups is 2. The highest BCUT2D eigenvalue weighted by atomic mass is 16.5. The van der Waals surface area contributed by atoms with E-state index < -0.39 is 12.1 Å². The maximum absolute atomic E-state index is 12.1. The van der Waals surface area contributed by atoms with E-state index in [1.54, 1.807) is 6.07 Å². The molecular weight excluding hydrogens is 310 g/mol. The van der Waals surface area contributed by atoms with Gasteiger partial charge in [-0.05, 0) is 37.8 Å². The third-order valence-electron chi connectivity index (χ3n) is 4.37. The van der Waals surface area contributed by atoms with Gasteiger partial charge in [-0.2, -0.15) is 0 Å². The molecule has 1 aromatic rings. The van der Waals surface area contributed by atoms with Crippen molar-refractivity contribution >= 4 is 11.9 Å². The average Bonchev–Trinajstić information content (AvgIpc) is 2.60. The third kappa shape index (κ3) is 4.88. The Morgan fingerprint density at radius 3 is 2.62 bits per heavy atom. The maximum Gasteiger partial charge on any atom is 0.342 e. The van der Waals surface area contributed by atoms with Crippen LogP contribution in [-0.2, 0) is 9.53 Å². The van der Waals surface area contributed by atoms with Crippen LogP contribution in [0.5, 0.6) is 11.5 Å². The van der Waals surface area contributed by atoms with Crippen LogP contribution in [0.15, 0.2) is 18.2 Å². The van der Waals surface area contributed by atoms with Crippen molar-refractivity contribution in [2.75, 3.05) is 13.7 Å². The van der Waals surface area contributed by atoms with Gasteiger partial charge in [-0.25, -0.2) is 4.79 Å². The summed E-state index contributed by atoms with van der Waals surface area (Å²) in [7, 11) is 1.46. The Kier molecular flexibility index (Phi) is 6.46. The second-order valence-electron chi connectivity index (χ2n) is 6.18. The van der Waals surface area contributed by atoms with Crippen LogP contribution in [0.2, 0.25) is 0 Å². The number of esters is 1. The number of phenolic OH excluding ortho intramolecular Hbond substituents is 1. The molecule has 1 atom stereocenters. The summed E-state index contributed by atoms with van der Waals surface area (Å²) in [6.45, 7) is 2.14. The van der Waals surface area contributed by atoms with Crippen LogP contribution in [0, 0.1) is 5.92 Å². The number of amides is 1. The molecule has 0 bridgehead atoms. The normalized spacial score (nSPS) is 16.2. The Hall–Kier alpha value is -2.24. The highest BCUT2D eigenvalue weighted by molar-refractivity contribution is 5.94. The van der Waals surface area contributed by atoms with Gasteiger partial charge in [0.2, 0.25) is 0 Å². The number of benzene rings is 1. The standard InChI is InChI=1S/C18H25NO5/c1-12(17(21)19-11-13-6-4-3-5-7-13)24-18(22)15-9-8-14(23-2)10-16(15)20/h8-10,12-13,20H,3-7,11H2,1-2H3,(H,19,21)/t12-/m0/s1. The van der Waals surface area contributed by atoms with Crippen molar-refractivity contribution in [1.29, 1.82) is 0 Å². The Bertz CT molecular complexity index is 581. The van der Waals surface area contributed by atoms with Gasteiger partial charge in [-0.3, -0.25) is 4.79 Å². The number of hydrogen-bond acceptors (Lipinski definition) is 5. The molecule has 1 aliphatic carbocycles. The molecule has 0 unspecified atom stereocenters. The first-order valence-corrected chi connectivity index (χ1v) is 8.37. The fourth-order valence-corrected chi connectivity index (χ4v) is 2.87. The second-order valence-corrected chi connectivity index (χ2v) is 6.18. The highest BCUT2D eigenvalue weighted by Crippen LogP contribution is 2.25. The van der Waals surface area contributed by atoms with Crippen LogP contribution in [-0.4, -0.2) is 36.7 Å². The van der Waals surface area contributed by atoms with E-state index in [0.717, 1.165) is 12.8 Å². The van der Waals surface area contributed by atoms with E-state index >= 15 is 0 Å². The lowest BCUT2D eigenvalue weighted by Crippen LogP contribution is -2.38. The van der Waals surface area contributed by atoms with E-state index in [0.29, 0.717) is 18.2 Å². The minimum atomic E-state index is -0.914. The summed E-state index contributed by atoms with van der Waals surface area (Å²) in [5.41, 5.74) is 0.00253. The van der Waals surface area contributed by atoms with Crippen LogP contribution in [0.1, 0.15) is 49.4 Å². The van der Waals surface area contributed by atoms with Crippen LogP contribution in [0.4, 0.5) is 0 Å². The molecular formula is C18H25NO5. The van der Waals surface area contributed by atoms with Gasteiger partial charge < -0.3 is 19.9 Å². The average molecular weight is 335 g/mol. The van der Waals surface area contributed by atoms with Crippen LogP contribution < -0.4 is 10.1 Å². The van der Waals surface area contributed by atoms with Crippen LogP contribution in [0.25, 0.3) is 0 Å². The summed E-state index contributed by atoms with van der Waals surface area (Å²) >= 11 is 0. The SMILES string of the molecule is COc1ccc(C(=O)O[C@@H](C)C(=O)NCC2CCCCC2)c(O)c1. The molecule has 0 aromatic heterocycles. The molecule has 2 rings (SSSR count). The van der Waals surface area contributed by atoms with Crippen molar-refractivity contribution in [1.82, 2.24) is 5.32 Å². The minimum Gasteiger partial charge on any atom is -0.507 e. The molecule has 132 valence electrons. The number of methoxy groups -OCH3 is 1. The van der Waals surface area contributed by atoms with Gasteiger partial charge in [0.15, 0.2) is 6.10 Å². The van der Waals surface area contributed by atoms with E-state index in [2.05, 4.69) is 5.32 Å². The highest BCUT2D eigenvalue weighted by Gasteiger charge is 2.22. The summed E-state index contributed by atoms with van der Waals surface area (Å²) in [4.78, 5) is 24.1. The first-order chi connectivity index (χ1) is 11.5. The van der Waals surface area contributed by atoms with Gasteiger partial charge in [-0.15, -0.1) is 0 Å². The molecule has 0 saturated heterocycles. The van der Waals surface area contributed by atoms with E-state index in [1.165, 1.54) is 45.4 Å². The number of phenols is 1. The van der Waals surface area contributed by atoms with Crippen molar-refractivity contribution in [2.24, 2.45) is 5.92 Å². The molecule has 2 N–H and O–H groups in total. The summed E-state index contributed by atoms with van der Waals surface area (Å²) in [5.74, 6) is -0.356. The molecule has 0 radical (unpaired) electrons. The maximum atomic E-state index is 12.1. The lowest BCUT2D eigenvalue weighted by molar-refractivity contribution is -0.129. The molecule has 1 saturated carbocycles. The van der Waals surface area contributed by atoms with Crippen LogP contribution >= 0.6 is 0 Å². The molecule has 24 heavy (non-hydrogen) atoms. The van der Waals surface area contributed by atoms with Gasteiger partial charge in [0.1, 0.15) is 17.1 Å². The van der Waals surface area contributed by atoms with Crippen molar-refractivity contribution in [3.05, 3.63) is 23.8 Å². The molecule has 1 amide bonds. The molecule has 0 aliphatic heterocycles. The number of hydrogen-bond donors (Lipinski definition) is 2. The van der Waals surface area contributed by atoms with Crippen LogP contribution in [0.3, 0.4) is 0 Å². The molecule has 1 aromatic carbocycles. The van der Waals surface area contributed by atoms with Gasteiger partial charge in [0.05, 0.1) is 7.11 Å². The zero-order chi connectivity index (χ0) is 17.5. The zero-order valence-corrected chi connectivity index (χ0v) is 14.2. The van der Waals surface area contributed by atoms with Gasteiger partial charge in [0.25, 0.3) is 5.91 Å². The number of aromatic hydroxyl groups is 1. The van der Waals surface area contributed by atoms with E-state index in [4.69, 9.17) is 9.47 Å². The van der Waals surface area contributed by atoms with Crippen molar-refractivity contribution in [3.8, 4) is 11.5 Å². The number of nitrogens with one attached hydrogen (secondary N) is 1. The third-order valence-corrected chi connectivity index (χ3v) is 4.37. The van der Waals surface area contributed by atoms with Gasteiger partial charge in [-0.1, -0.05) is 19.3 Å². The molecule has 0 spiro atoms. The van der Waals surface area contributed by atoms with Crippen molar-refractivity contribution in [3.63, 3.8) is 0 Å². The quantitative estimate of drug-likeness (QED) is 0.781. The molecule has 6 nitrogen and oxygen atoms in total. The lowest BCUT2D eigenvalue weighted by Gasteiger charge is -2.22. The number of carbonyl (C=O) groups excluding carboxylic acids is 2. The summed E-state index contributed by atoms with van der Waals surface area (Å²) in [5, 5.41) is 12.7. The molecule has 1 aliphatic rings. The fourth-order valence-electron chi connectivity index (χ4n) is 2.87. The molecule has 6 heteroatoms. The topological polar surface area (TPSA) is 84.9 Å². The van der Waals surface area contributed by atoms with Crippen molar-refractivity contribution in [2.45, 2.75) is 45.1 Å².